The highest BCUT2D eigenvalue weighted by molar-refractivity contribution is 5.91. The first-order valence-corrected chi connectivity index (χ1v) is 9.39. The molecule has 4 aliphatic carbocycles. The molecule has 4 rings (SSSR count). The van der Waals surface area contributed by atoms with Crippen molar-refractivity contribution in [3.8, 4) is 0 Å². The van der Waals surface area contributed by atoms with Crippen LogP contribution in [0.25, 0.3) is 0 Å². The van der Waals surface area contributed by atoms with Crippen LogP contribution in [0.5, 0.6) is 0 Å². The smallest absolute Gasteiger partial charge is 0.221 e. The number of nitrogens with two attached hydrogens (primary N) is 1. The maximum atomic E-state index is 11.9. The molecule has 3 nitrogen and oxygen atoms in total. The molecule has 0 aromatic heterocycles. The lowest BCUT2D eigenvalue weighted by Gasteiger charge is -2.58. The topological polar surface area (TPSA) is 60.2 Å². The lowest BCUT2D eigenvalue weighted by atomic mass is 9.47. The Morgan fingerprint density at radius 1 is 1.09 bits per heavy atom. The van der Waals surface area contributed by atoms with Gasteiger partial charge in [-0.25, -0.2) is 0 Å². The zero-order valence-corrected chi connectivity index (χ0v) is 14.4. The van der Waals surface area contributed by atoms with E-state index in [2.05, 4.69) is 13.8 Å². The Kier molecular flexibility index (Phi) is 3.31. The quantitative estimate of drug-likeness (QED) is 0.803. The van der Waals surface area contributed by atoms with Crippen LogP contribution in [0, 0.1) is 34.5 Å². The van der Waals surface area contributed by atoms with Crippen molar-refractivity contribution in [2.75, 3.05) is 0 Å². The van der Waals surface area contributed by atoms with Gasteiger partial charge >= 0.3 is 0 Å². The standard InChI is InChI=1S/C20H29NO2/c1-19-9-7-13(22)11-12(19)3-4-14-15-5-6-17(18(21)23)20(15,2)10-8-16(14)19/h11,14-17H,3-10H2,1-2H3,(H2,21,23). The Morgan fingerprint density at radius 3 is 2.61 bits per heavy atom. The van der Waals surface area contributed by atoms with Gasteiger partial charge in [-0.2, -0.15) is 0 Å². The first kappa shape index (κ1) is 15.4. The Balaban J connectivity index is 1.67. The van der Waals surface area contributed by atoms with E-state index >= 15 is 0 Å². The Morgan fingerprint density at radius 2 is 1.87 bits per heavy atom. The van der Waals surface area contributed by atoms with Gasteiger partial charge in [0, 0.05) is 12.3 Å². The highest BCUT2D eigenvalue weighted by Gasteiger charge is 2.59. The summed E-state index contributed by atoms with van der Waals surface area (Å²) in [6, 6.07) is 0. The van der Waals surface area contributed by atoms with Crippen molar-refractivity contribution in [1.82, 2.24) is 0 Å². The molecule has 0 saturated heterocycles. The minimum atomic E-state index is -0.0840. The van der Waals surface area contributed by atoms with Crippen LogP contribution in [-0.4, -0.2) is 11.7 Å². The van der Waals surface area contributed by atoms with E-state index in [4.69, 9.17) is 5.73 Å². The van der Waals surface area contributed by atoms with E-state index in [1.54, 1.807) is 0 Å². The van der Waals surface area contributed by atoms with Crippen LogP contribution in [0.4, 0.5) is 0 Å². The average Bonchev–Trinajstić information content (AvgIpc) is 2.85. The van der Waals surface area contributed by atoms with Crippen LogP contribution in [0.15, 0.2) is 11.6 Å². The third-order valence-electron chi connectivity index (χ3n) is 8.31. The van der Waals surface area contributed by atoms with Crippen LogP contribution in [0.3, 0.4) is 0 Å². The minimum Gasteiger partial charge on any atom is -0.369 e. The fourth-order valence-electron chi connectivity index (χ4n) is 7.03. The van der Waals surface area contributed by atoms with E-state index in [1.165, 1.54) is 24.8 Å². The molecule has 0 aliphatic heterocycles. The number of primary amides is 1. The van der Waals surface area contributed by atoms with Gasteiger partial charge in [0.05, 0.1) is 0 Å². The molecule has 0 radical (unpaired) electrons. The van der Waals surface area contributed by atoms with Crippen molar-refractivity contribution in [1.29, 1.82) is 0 Å². The van der Waals surface area contributed by atoms with E-state index in [0.717, 1.165) is 32.1 Å². The van der Waals surface area contributed by atoms with E-state index in [-0.39, 0.29) is 22.7 Å². The molecule has 1 amide bonds. The zero-order chi connectivity index (χ0) is 16.4. The first-order chi connectivity index (χ1) is 10.9. The fourth-order valence-corrected chi connectivity index (χ4v) is 7.03. The van der Waals surface area contributed by atoms with E-state index in [1.807, 2.05) is 6.08 Å². The Labute approximate surface area is 139 Å². The minimum absolute atomic E-state index is 0.0751. The molecule has 0 aromatic carbocycles. The fraction of sp³-hybridized carbons (Fsp3) is 0.800. The van der Waals surface area contributed by atoms with Crippen LogP contribution < -0.4 is 5.73 Å². The van der Waals surface area contributed by atoms with Gasteiger partial charge in [0.15, 0.2) is 5.78 Å². The highest BCUT2D eigenvalue weighted by Crippen LogP contribution is 2.66. The molecular formula is C20H29NO2. The van der Waals surface area contributed by atoms with Gasteiger partial charge in [-0.3, -0.25) is 9.59 Å². The molecular weight excluding hydrogens is 286 g/mol. The number of hydrogen-bond donors (Lipinski definition) is 1. The summed E-state index contributed by atoms with van der Waals surface area (Å²) in [5.74, 6) is 2.38. The van der Waals surface area contributed by atoms with E-state index < -0.39 is 0 Å². The molecule has 0 aromatic rings. The third kappa shape index (κ3) is 2.01. The second-order valence-corrected chi connectivity index (χ2v) is 9.05. The highest BCUT2D eigenvalue weighted by atomic mass is 16.1. The monoisotopic (exact) mass is 315 g/mol. The molecule has 3 heteroatoms. The number of rotatable bonds is 1. The zero-order valence-electron chi connectivity index (χ0n) is 14.4. The van der Waals surface area contributed by atoms with Crippen molar-refractivity contribution in [2.45, 2.75) is 65.2 Å². The summed E-state index contributed by atoms with van der Waals surface area (Å²) in [5, 5.41) is 0. The van der Waals surface area contributed by atoms with Crippen LogP contribution in [0.2, 0.25) is 0 Å². The normalized spacial score (nSPS) is 49.0. The Bertz CT molecular complexity index is 594. The number of carbonyl (C=O) groups excluding carboxylic acids is 2. The second-order valence-electron chi connectivity index (χ2n) is 9.05. The number of carbonyl (C=O) groups is 2. The summed E-state index contributed by atoms with van der Waals surface area (Å²) in [5.41, 5.74) is 7.48. The van der Waals surface area contributed by atoms with Crippen LogP contribution in [0.1, 0.15) is 65.2 Å². The SMILES string of the molecule is CC12CCC(=O)C=C1CCC1C2CCC2(C)C(C(N)=O)CCC12. The van der Waals surface area contributed by atoms with Crippen molar-refractivity contribution < 1.29 is 9.59 Å². The summed E-state index contributed by atoms with van der Waals surface area (Å²) >= 11 is 0. The lowest BCUT2D eigenvalue weighted by molar-refractivity contribution is -0.129. The van der Waals surface area contributed by atoms with Crippen LogP contribution >= 0.6 is 0 Å². The molecule has 6 atom stereocenters. The van der Waals surface area contributed by atoms with E-state index in [0.29, 0.717) is 23.5 Å². The van der Waals surface area contributed by atoms with E-state index in [9.17, 15) is 9.59 Å². The van der Waals surface area contributed by atoms with Gasteiger partial charge in [-0.05, 0) is 79.6 Å². The van der Waals surface area contributed by atoms with Gasteiger partial charge in [0.1, 0.15) is 0 Å². The second kappa shape index (κ2) is 4.94. The number of ketones is 1. The predicted molar refractivity (Wildman–Crippen MR) is 89.4 cm³/mol. The van der Waals surface area contributed by atoms with Crippen molar-refractivity contribution in [2.24, 2.45) is 40.2 Å². The lowest BCUT2D eigenvalue weighted by Crippen LogP contribution is -2.51. The molecule has 0 heterocycles. The molecule has 126 valence electrons. The van der Waals surface area contributed by atoms with Crippen LogP contribution in [-0.2, 0) is 9.59 Å². The van der Waals surface area contributed by atoms with Gasteiger partial charge in [0.25, 0.3) is 0 Å². The van der Waals surface area contributed by atoms with Gasteiger partial charge in [-0.1, -0.05) is 19.4 Å². The van der Waals surface area contributed by atoms with Gasteiger partial charge < -0.3 is 5.73 Å². The molecule has 0 spiro atoms. The summed E-state index contributed by atoms with van der Waals surface area (Å²) in [7, 11) is 0. The number of allylic oxidation sites excluding steroid dienone is 1. The van der Waals surface area contributed by atoms with Gasteiger partial charge in [-0.15, -0.1) is 0 Å². The van der Waals surface area contributed by atoms with Gasteiger partial charge in [0.2, 0.25) is 5.91 Å². The third-order valence-corrected chi connectivity index (χ3v) is 8.31. The molecule has 23 heavy (non-hydrogen) atoms. The van der Waals surface area contributed by atoms with Crippen molar-refractivity contribution in [3.63, 3.8) is 0 Å². The summed E-state index contributed by atoms with van der Waals surface area (Å²) in [6.45, 7) is 4.74. The maximum Gasteiger partial charge on any atom is 0.221 e. The van der Waals surface area contributed by atoms with Crippen molar-refractivity contribution in [3.05, 3.63) is 11.6 Å². The average molecular weight is 315 g/mol. The van der Waals surface area contributed by atoms with Crippen molar-refractivity contribution >= 4 is 11.7 Å². The molecule has 3 fully saturated rings. The maximum absolute atomic E-state index is 11.9. The molecule has 4 aliphatic rings. The molecule has 6 unspecified atom stereocenters. The predicted octanol–water partition coefficient (Wildman–Crippen LogP) is 3.62. The number of fused-ring (bicyclic) bond motifs is 5. The summed E-state index contributed by atoms with van der Waals surface area (Å²) in [6.07, 6.45) is 10.5. The molecule has 0 bridgehead atoms. The molecule has 3 saturated carbocycles. The number of hydrogen-bond acceptors (Lipinski definition) is 2. The summed E-state index contributed by atoms with van der Waals surface area (Å²) < 4.78 is 0. The number of amides is 1. The first-order valence-electron chi connectivity index (χ1n) is 9.39. The summed E-state index contributed by atoms with van der Waals surface area (Å²) in [4.78, 5) is 23.8. The largest absolute Gasteiger partial charge is 0.369 e. The Hall–Kier alpha value is -1.12. The molecule has 2 N–H and O–H groups in total.